The summed E-state index contributed by atoms with van der Waals surface area (Å²) in [7, 11) is 1.90. The maximum Gasteiger partial charge on any atom is 0.314 e. The van der Waals surface area contributed by atoms with Crippen molar-refractivity contribution in [2.24, 2.45) is 7.05 Å². The van der Waals surface area contributed by atoms with Crippen molar-refractivity contribution in [2.45, 2.75) is 37.5 Å². The van der Waals surface area contributed by atoms with Crippen LogP contribution in [0.4, 0.5) is 4.39 Å². The highest BCUT2D eigenvalue weighted by molar-refractivity contribution is 5.83. The molecule has 4 rings (SSSR count). The first kappa shape index (κ1) is 16.8. The molecule has 0 spiro atoms. The number of benzene rings is 2. The van der Waals surface area contributed by atoms with Crippen LogP contribution >= 0.6 is 0 Å². The fourth-order valence-electron chi connectivity index (χ4n) is 4.45. The molecule has 134 valence electrons. The molecule has 1 N–H and O–H groups in total. The normalized spacial score (nSPS) is 22.8. The molecule has 26 heavy (non-hydrogen) atoms. The largest absolute Gasteiger partial charge is 0.481 e. The summed E-state index contributed by atoms with van der Waals surface area (Å²) in [5.41, 5.74) is 2.20. The minimum Gasteiger partial charge on any atom is -0.481 e. The van der Waals surface area contributed by atoms with Gasteiger partial charge in [0.2, 0.25) is 0 Å². The summed E-state index contributed by atoms with van der Waals surface area (Å²) in [4.78, 5) is 12.2. The van der Waals surface area contributed by atoms with Crippen molar-refractivity contribution >= 4 is 16.9 Å². The monoisotopic (exact) mass is 352 g/mol. The third-order valence-corrected chi connectivity index (χ3v) is 5.95. The third-order valence-electron chi connectivity index (χ3n) is 5.95. The van der Waals surface area contributed by atoms with Gasteiger partial charge in [0.1, 0.15) is 5.82 Å². The second-order valence-electron chi connectivity index (χ2n) is 7.33. The zero-order chi connectivity index (χ0) is 18.5. The summed E-state index contributed by atoms with van der Waals surface area (Å²) in [6, 6.07) is 11.0. The Bertz CT molecular complexity index is 1010. The van der Waals surface area contributed by atoms with Gasteiger partial charge >= 0.3 is 5.97 Å². The fourth-order valence-corrected chi connectivity index (χ4v) is 4.45. The SMILES string of the molecule is Cc1c(F)cccc1[C@]1(C(=O)O)CCC(c2ccc3c(cnn3C)c2)C1. The molecule has 3 aromatic rings. The standard InChI is InChI=1S/C21H21FN2O2/c1-13-17(4-3-5-18(13)22)21(20(25)26)9-8-15(11-21)14-6-7-19-16(10-14)12-23-24(19)2/h3-7,10,12,15H,8-9,11H2,1-2H3,(H,25,26)/t15?,21-/m0/s1. The predicted octanol–water partition coefficient (Wildman–Crippen LogP) is 4.31. The number of halogens is 1. The number of hydrogen-bond acceptors (Lipinski definition) is 2. The lowest BCUT2D eigenvalue weighted by molar-refractivity contribution is -0.143. The van der Waals surface area contributed by atoms with Crippen LogP contribution in [0.1, 0.15) is 41.9 Å². The van der Waals surface area contributed by atoms with Crippen LogP contribution in [-0.2, 0) is 17.3 Å². The molecule has 0 aliphatic heterocycles. The van der Waals surface area contributed by atoms with Crippen LogP contribution in [-0.4, -0.2) is 20.9 Å². The molecule has 1 aliphatic rings. The molecule has 5 heteroatoms. The molecule has 1 fully saturated rings. The summed E-state index contributed by atoms with van der Waals surface area (Å²) in [6.07, 6.45) is 3.60. The van der Waals surface area contributed by atoms with E-state index >= 15 is 0 Å². The zero-order valence-corrected chi connectivity index (χ0v) is 14.9. The number of hydrogen-bond donors (Lipinski definition) is 1. The highest BCUT2D eigenvalue weighted by Crippen LogP contribution is 2.49. The van der Waals surface area contributed by atoms with Gasteiger partial charge in [0.25, 0.3) is 0 Å². The van der Waals surface area contributed by atoms with Crippen LogP contribution in [0.15, 0.2) is 42.6 Å². The lowest BCUT2D eigenvalue weighted by Crippen LogP contribution is -2.34. The number of aromatic nitrogens is 2. The molecule has 1 saturated carbocycles. The molecule has 0 bridgehead atoms. The van der Waals surface area contributed by atoms with Crippen LogP contribution in [0.2, 0.25) is 0 Å². The van der Waals surface area contributed by atoms with Crippen LogP contribution < -0.4 is 0 Å². The van der Waals surface area contributed by atoms with Crippen LogP contribution in [0.25, 0.3) is 10.9 Å². The maximum absolute atomic E-state index is 14.1. The molecule has 2 aromatic carbocycles. The maximum atomic E-state index is 14.1. The van der Waals surface area contributed by atoms with Gasteiger partial charge in [-0.05, 0) is 67.0 Å². The van der Waals surface area contributed by atoms with E-state index in [1.54, 1.807) is 19.1 Å². The van der Waals surface area contributed by atoms with Gasteiger partial charge in [0, 0.05) is 12.4 Å². The number of nitrogens with zero attached hydrogens (tertiary/aromatic N) is 2. The molecule has 1 heterocycles. The van der Waals surface area contributed by atoms with Gasteiger partial charge in [-0.3, -0.25) is 9.48 Å². The number of aryl methyl sites for hydroxylation is 1. The second kappa shape index (κ2) is 5.94. The fraction of sp³-hybridized carbons (Fsp3) is 0.333. The Kier molecular flexibility index (Phi) is 3.83. The van der Waals surface area contributed by atoms with E-state index in [0.717, 1.165) is 22.9 Å². The van der Waals surface area contributed by atoms with Crippen molar-refractivity contribution in [3.63, 3.8) is 0 Å². The Morgan fingerprint density at radius 2 is 2.15 bits per heavy atom. The quantitative estimate of drug-likeness (QED) is 0.764. The molecule has 2 atom stereocenters. The first-order valence-corrected chi connectivity index (χ1v) is 8.83. The number of carboxylic acids is 1. The van der Waals surface area contributed by atoms with Gasteiger partial charge in [0.05, 0.1) is 17.1 Å². The average molecular weight is 352 g/mol. The third kappa shape index (κ3) is 2.42. The Morgan fingerprint density at radius 3 is 2.92 bits per heavy atom. The second-order valence-corrected chi connectivity index (χ2v) is 7.33. The Labute approximate surface area is 151 Å². The molecule has 0 saturated heterocycles. The molecular weight excluding hydrogens is 331 g/mol. The summed E-state index contributed by atoms with van der Waals surface area (Å²) in [5.74, 6) is -1.07. The van der Waals surface area contributed by atoms with Gasteiger partial charge in [-0.15, -0.1) is 0 Å². The van der Waals surface area contributed by atoms with Crippen LogP contribution in [0, 0.1) is 12.7 Å². The zero-order valence-electron chi connectivity index (χ0n) is 14.9. The van der Waals surface area contributed by atoms with Crippen LogP contribution in [0.5, 0.6) is 0 Å². The first-order chi connectivity index (χ1) is 12.4. The highest BCUT2D eigenvalue weighted by atomic mass is 19.1. The number of carboxylic acid groups (broad SMARTS) is 1. The van der Waals surface area contributed by atoms with Crippen molar-refractivity contribution in [3.8, 4) is 0 Å². The molecule has 0 radical (unpaired) electrons. The van der Waals surface area contributed by atoms with Gasteiger partial charge in [0.15, 0.2) is 0 Å². The minimum atomic E-state index is -1.03. The summed E-state index contributed by atoms with van der Waals surface area (Å²) in [6.45, 7) is 1.67. The lowest BCUT2D eigenvalue weighted by atomic mass is 9.75. The topological polar surface area (TPSA) is 55.1 Å². The summed E-state index contributed by atoms with van der Waals surface area (Å²) >= 11 is 0. The molecule has 1 aromatic heterocycles. The first-order valence-electron chi connectivity index (χ1n) is 8.83. The number of carbonyl (C=O) groups is 1. The molecule has 0 amide bonds. The van der Waals surface area contributed by atoms with Crippen molar-refractivity contribution in [1.82, 2.24) is 9.78 Å². The van der Waals surface area contributed by atoms with Crippen molar-refractivity contribution < 1.29 is 14.3 Å². The lowest BCUT2D eigenvalue weighted by Gasteiger charge is -2.27. The van der Waals surface area contributed by atoms with Gasteiger partial charge < -0.3 is 5.11 Å². The van der Waals surface area contributed by atoms with E-state index < -0.39 is 11.4 Å². The summed E-state index contributed by atoms with van der Waals surface area (Å²) in [5, 5.41) is 15.4. The molecule has 4 nitrogen and oxygen atoms in total. The Balaban J connectivity index is 1.73. The minimum absolute atomic E-state index is 0.137. The van der Waals surface area contributed by atoms with Gasteiger partial charge in [-0.25, -0.2) is 4.39 Å². The smallest absolute Gasteiger partial charge is 0.314 e. The van der Waals surface area contributed by atoms with E-state index in [1.807, 2.05) is 24.0 Å². The van der Waals surface area contributed by atoms with Crippen molar-refractivity contribution in [3.05, 3.63) is 65.1 Å². The predicted molar refractivity (Wildman–Crippen MR) is 97.8 cm³/mol. The average Bonchev–Trinajstić information content (AvgIpc) is 3.22. The van der Waals surface area contributed by atoms with Gasteiger partial charge in [-0.1, -0.05) is 18.2 Å². The Hall–Kier alpha value is -2.69. The summed E-state index contributed by atoms with van der Waals surface area (Å²) < 4.78 is 15.9. The van der Waals surface area contributed by atoms with Crippen molar-refractivity contribution in [2.75, 3.05) is 0 Å². The van der Waals surface area contributed by atoms with Crippen LogP contribution in [0.3, 0.4) is 0 Å². The van der Waals surface area contributed by atoms with E-state index in [9.17, 15) is 14.3 Å². The van der Waals surface area contributed by atoms with E-state index in [2.05, 4.69) is 17.2 Å². The molecule has 1 aliphatic carbocycles. The number of rotatable bonds is 3. The molecular formula is C21H21FN2O2. The van der Waals surface area contributed by atoms with Gasteiger partial charge in [-0.2, -0.15) is 5.10 Å². The number of fused-ring (bicyclic) bond motifs is 1. The van der Waals surface area contributed by atoms with E-state index in [0.29, 0.717) is 24.0 Å². The highest BCUT2D eigenvalue weighted by Gasteiger charge is 2.48. The number of aliphatic carboxylic acids is 1. The van der Waals surface area contributed by atoms with Crippen molar-refractivity contribution in [1.29, 1.82) is 0 Å². The molecule has 1 unspecified atom stereocenters. The van der Waals surface area contributed by atoms with E-state index in [-0.39, 0.29) is 11.7 Å². The van der Waals surface area contributed by atoms with E-state index in [1.165, 1.54) is 6.07 Å². The van der Waals surface area contributed by atoms with E-state index in [4.69, 9.17) is 0 Å². The Morgan fingerprint density at radius 1 is 1.35 bits per heavy atom.